The van der Waals surface area contributed by atoms with Crippen LogP contribution in [0.2, 0.25) is 0 Å². The lowest BCUT2D eigenvalue weighted by molar-refractivity contribution is -0.206. The highest BCUT2D eigenvalue weighted by atomic mass is 19.4. The summed E-state index contributed by atoms with van der Waals surface area (Å²) in [5.41, 5.74) is -0.201. The number of halogens is 3. The van der Waals surface area contributed by atoms with Gasteiger partial charge in [-0.1, -0.05) is 32.0 Å². The van der Waals surface area contributed by atoms with Crippen LogP contribution in [0.25, 0.3) is 0 Å². The van der Waals surface area contributed by atoms with E-state index in [1.165, 1.54) is 4.90 Å². The number of nitrogens with one attached hydrogen (secondary N) is 2. The normalized spacial score (nSPS) is 27.2. The summed E-state index contributed by atoms with van der Waals surface area (Å²) in [6.45, 7) is 3.63. The van der Waals surface area contributed by atoms with E-state index in [2.05, 4.69) is 0 Å². The third-order valence-electron chi connectivity index (χ3n) is 6.16. The summed E-state index contributed by atoms with van der Waals surface area (Å²) in [7, 11) is 0. The number of carbonyl (C=O) groups is 1. The zero-order valence-corrected chi connectivity index (χ0v) is 18.5. The smallest absolute Gasteiger partial charge is 0.393 e. The second kappa shape index (κ2) is 9.51. The highest BCUT2D eigenvalue weighted by Crippen LogP contribution is 2.44. The minimum atomic E-state index is -4.50. The molecule has 1 heterocycles. The third-order valence-corrected chi connectivity index (χ3v) is 6.16. The molecule has 1 saturated heterocycles. The van der Waals surface area contributed by atoms with Gasteiger partial charge in [-0.25, -0.2) is 0 Å². The van der Waals surface area contributed by atoms with Crippen molar-refractivity contribution < 1.29 is 27.4 Å². The highest BCUT2D eigenvalue weighted by Gasteiger charge is 2.52. The molecule has 7 nitrogen and oxygen atoms in total. The molecule has 1 aromatic carbocycles. The molecule has 1 aliphatic heterocycles. The lowest BCUT2D eigenvalue weighted by Gasteiger charge is -2.36. The fraction of sp³-hybridized carbons (Fsp3) is 0.565. The van der Waals surface area contributed by atoms with E-state index in [1.807, 2.05) is 0 Å². The first-order valence-electron chi connectivity index (χ1n) is 10.7. The predicted molar refractivity (Wildman–Crippen MR) is 114 cm³/mol. The molecule has 2 fully saturated rings. The molecule has 10 heteroatoms. The molecule has 3 rings (SSSR count). The Labute approximate surface area is 190 Å². The molecule has 0 bridgehead atoms. The van der Waals surface area contributed by atoms with Crippen molar-refractivity contribution in [2.24, 2.45) is 17.3 Å². The average molecular weight is 464 g/mol. The van der Waals surface area contributed by atoms with E-state index in [-0.39, 0.29) is 44.1 Å². The van der Waals surface area contributed by atoms with Gasteiger partial charge in [0.05, 0.1) is 30.6 Å². The van der Waals surface area contributed by atoms with Crippen LogP contribution in [-0.2, 0) is 14.3 Å². The number of alkyl halides is 3. The number of likely N-dealkylation sites (tertiary alicyclic amines) is 1. The van der Waals surface area contributed by atoms with Crippen LogP contribution in [-0.4, -0.2) is 54.1 Å². The van der Waals surface area contributed by atoms with Crippen molar-refractivity contribution >= 4 is 17.7 Å². The van der Waals surface area contributed by atoms with Gasteiger partial charge in [0.25, 0.3) is 5.91 Å². The van der Waals surface area contributed by atoms with Crippen molar-refractivity contribution in [1.82, 2.24) is 4.90 Å². The summed E-state index contributed by atoms with van der Waals surface area (Å²) in [6.07, 6.45) is -6.25. The number of rotatable bonds is 5. The summed E-state index contributed by atoms with van der Waals surface area (Å²) >= 11 is 0. The Kier molecular flexibility index (Phi) is 7.12. The van der Waals surface area contributed by atoms with Crippen molar-refractivity contribution in [2.75, 3.05) is 13.1 Å². The maximum absolute atomic E-state index is 13.4. The van der Waals surface area contributed by atoms with Gasteiger partial charge < -0.3 is 14.4 Å². The van der Waals surface area contributed by atoms with E-state index in [1.54, 1.807) is 50.2 Å². The Bertz CT molecular complexity index is 943. The second-order valence-corrected chi connectivity index (χ2v) is 9.24. The van der Waals surface area contributed by atoms with Crippen LogP contribution >= 0.6 is 0 Å². The number of ether oxygens (including phenoxy) is 2. The van der Waals surface area contributed by atoms with E-state index in [0.717, 1.165) is 0 Å². The van der Waals surface area contributed by atoms with Crippen molar-refractivity contribution in [3.8, 4) is 6.07 Å². The van der Waals surface area contributed by atoms with Crippen molar-refractivity contribution in [3.05, 3.63) is 35.9 Å². The number of carbonyl (C=O) groups excluding carboxylic acids is 1. The molecule has 0 spiro atoms. The Morgan fingerprint density at radius 2 is 1.91 bits per heavy atom. The molecular weight excluding hydrogens is 437 g/mol. The topological polar surface area (TPSA) is 110 Å². The zero-order chi connectivity index (χ0) is 24.4. The van der Waals surface area contributed by atoms with Gasteiger partial charge in [0, 0.05) is 17.5 Å². The van der Waals surface area contributed by atoms with Gasteiger partial charge in [-0.15, -0.1) is 0 Å². The molecule has 2 N–H and O–H groups in total. The van der Waals surface area contributed by atoms with Crippen molar-refractivity contribution in [3.63, 3.8) is 0 Å². The van der Waals surface area contributed by atoms with Gasteiger partial charge in [-0.05, 0) is 31.4 Å². The first-order chi connectivity index (χ1) is 15.4. The van der Waals surface area contributed by atoms with E-state index in [4.69, 9.17) is 25.6 Å². The minimum Gasteiger partial charge on any atom is -0.423 e. The zero-order valence-electron chi connectivity index (χ0n) is 18.5. The molecule has 1 amide bonds. The molecule has 1 aromatic rings. The average Bonchev–Trinajstić information content (AvgIpc) is 2.96. The van der Waals surface area contributed by atoms with E-state index in [9.17, 15) is 18.0 Å². The number of nitrogens with zero attached hydrogens (tertiary/aromatic N) is 2. The second-order valence-electron chi connectivity index (χ2n) is 9.24. The summed E-state index contributed by atoms with van der Waals surface area (Å²) < 4.78 is 51.3. The molecule has 2 aliphatic rings. The van der Waals surface area contributed by atoms with Crippen LogP contribution in [0.15, 0.2) is 30.3 Å². The molecule has 1 aliphatic carbocycles. The predicted octanol–water partition coefficient (Wildman–Crippen LogP) is 4.13. The molecule has 4 atom stereocenters. The first kappa shape index (κ1) is 24.7. The van der Waals surface area contributed by atoms with E-state index in [0.29, 0.717) is 5.56 Å². The van der Waals surface area contributed by atoms with Crippen LogP contribution in [0.1, 0.15) is 38.7 Å². The van der Waals surface area contributed by atoms with Crippen LogP contribution in [0.3, 0.4) is 0 Å². The number of hydrogen-bond acceptors (Lipinski definition) is 6. The van der Waals surface area contributed by atoms with Crippen LogP contribution < -0.4 is 0 Å². The molecule has 1 saturated carbocycles. The van der Waals surface area contributed by atoms with Gasteiger partial charge in [-0.3, -0.25) is 15.6 Å². The Morgan fingerprint density at radius 3 is 2.52 bits per heavy atom. The molecular formula is C23H27F3N4O3. The number of nitriles is 1. The first-order valence-corrected chi connectivity index (χ1v) is 10.7. The van der Waals surface area contributed by atoms with Gasteiger partial charge in [-0.2, -0.15) is 18.4 Å². The molecule has 0 radical (unpaired) electrons. The molecule has 33 heavy (non-hydrogen) atoms. The summed E-state index contributed by atoms with van der Waals surface area (Å²) in [4.78, 5) is 14.4. The Morgan fingerprint density at radius 1 is 1.24 bits per heavy atom. The minimum absolute atomic E-state index is 0.0660. The van der Waals surface area contributed by atoms with Gasteiger partial charge in [0.1, 0.15) is 6.10 Å². The molecule has 178 valence electrons. The SMILES string of the molecule is CC1(C)CN(CC(=N)OC(=N)c2ccccc2)C(=O)C1OC1CCC(C#N)C(C(F)(F)F)C1. The summed E-state index contributed by atoms with van der Waals surface area (Å²) in [5, 5.41) is 25.1. The Balaban J connectivity index is 1.62. The quantitative estimate of drug-likeness (QED) is 0.504. The van der Waals surface area contributed by atoms with Crippen LogP contribution in [0, 0.1) is 39.4 Å². The van der Waals surface area contributed by atoms with Crippen molar-refractivity contribution in [2.45, 2.75) is 51.5 Å². The fourth-order valence-corrected chi connectivity index (χ4v) is 4.47. The lowest BCUT2D eigenvalue weighted by atomic mass is 9.78. The summed E-state index contributed by atoms with van der Waals surface area (Å²) in [5.74, 6) is -3.81. The standard InChI is InChI=1S/C23H27F3N4O3/c1-22(2)13-30(12-18(28)33-20(29)14-6-4-3-5-7-14)21(31)19(22)32-16-9-8-15(11-27)17(10-16)23(24,25)26/h3-7,15-17,19,28-29H,8-10,12-13H2,1-2H3. The van der Waals surface area contributed by atoms with Gasteiger partial charge in [0.15, 0.2) is 0 Å². The van der Waals surface area contributed by atoms with E-state index < -0.39 is 41.5 Å². The van der Waals surface area contributed by atoms with Crippen LogP contribution in [0.5, 0.6) is 0 Å². The largest absolute Gasteiger partial charge is 0.423 e. The van der Waals surface area contributed by atoms with Gasteiger partial charge >= 0.3 is 6.18 Å². The fourth-order valence-electron chi connectivity index (χ4n) is 4.47. The maximum atomic E-state index is 13.4. The third kappa shape index (κ3) is 5.71. The van der Waals surface area contributed by atoms with Crippen LogP contribution in [0.4, 0.5) is 13.2 Å². The Hall–Kier alpha value is -2.93. The molecule has 4 unspecified atom stereocenters. The van der Waals surface area contributed by atoms with Crippen molar-refractivity contribution in [1.29, 1.82) is 16.1 Å². The summed E-state index contributed by atoms with van der Waals surface area (Å²) in [6, 6.07) is 10.3. The maximum Gasteiger partial charge on any atom is 0.393 e. The monoisotopic (exact) mass is 464 g/mol. The number of amides is 1. The lowest BCUT2D eigenvalue weighted by Crippen LogP contribution is -2.43. The number of hydrogen-bond donors (Lipinski definition) is 2. The molecule has 0 aromatic heterocycles. The highest BCUT2D eigenvalue weighted by molar-refractivity contribution is 6.00. The number of benzene rings is 1. The van der Waals surface area contributed by atoms with Gasteiger partial charge in [0.2, 0.25) is 11.8 Å². The van der Waals surface area contributed by atoms with E-state index >= 15 is 0 Å².